The monoisotopic (exact) mass is 353 g/mol. The molecule has 0 saturated heterocycles. The minimum absolute atomic E-state index is 0.00217. The number of carbonyl (C=O) groups excluding carboxylic acids is 1. The Bertz CT molecular complexity index is 919. The second-order valence-electron chi connectivity index (χ2n) is 5.73. The summed E-state index contributed by atoms with van der Waals surface area (Å²) in [6, 6.07) is 17.5. The van der Waals surface area contributed by atoms with Gasteiger partial charge in [0.15, 0.2) is 5.69 Å². The Morgan fingerprint density at radius 3 is 2.60 bits per heavy atom. The first-order valence-electron chi connectivity index (χ1n) is 7.95. The zero-order chi connectivity index (χ0) is 17.8. The number of aryl methyl sites for hydroxylation is 1. The molecule has 0 radical (unpaired) electrons. The molecule has 1 aromatic heterocycles. The van der Waals surface area contributed by atoms with Crippen LogP contribution in [0.4, 0.5) is 5.69 Å². The molecule has 0 aliphatic rings. The third-order valence-electron chi connectivity index (χ3n) is 3.99. The molecule has 128 valence electrons. The third kappa shape index (κ3) is 3.74. The lowest BCUT2D eigenvalue weighted by Crippen LogP contribution is -2.09. The molecule has 3 aromatic rings. The fraction of sp³-hybridized carbons (Fsp3) is 0.211. The van der Waals surface area contributed by atoms with E-state index in [0.717, 1.165) is 22.2 Å². The Hall–Kier alpha value is -2.60. The van der Waals surface area contributed by atoms with Gasteiger partial charge in [-0.1, -0.05) is 48.5 Å². The summed E-state index contributed by atoms with van der Waals surface area (Å²) in [5.41, 5.74) is 2.33. The fourth-order valence-corrected chi connectivity index (χ4v) is 3.33. The predicted molar refractivity (Wildman–Crippen MR) is 101 cm³/mol. The highest BCUT2D eigenvalue weighted by Gasteiger charge is 2.16. The van der Waals surface area contributed by atoms with Crippen LogP contribution in [0, 0.1) is 0 Å². The van der Waals surface area contributed by atoms with Gasteiger partial charge in [0.25, 0.3) is 5.91 Å². The van der Waals surface area contributed by atoms with Crippen LogP contribution in [0.5, 0.6) is 5.88 Å². The molecule has 0 unspecified atom stereocenters. The van der Waals surface area contributed by atoms with Crippen molar-refractivity contribution in [3.8, 4) is 5.88 Å². The number of nitrogens with zero attached hydrogens (tertiary/aromatic N) is 3. The van der Waals surface area contributed by atoms with Crippen LogP contribution in [-0.2, 0) is 17.6 Å². The summed E-state index contributed by atoms with van der Waals surface area (Å²) in [4.78, 5) is 12.2. The van der Waals surface area contributed by atoms with Gasteiger partial charge in [-0.2, -0.15) is 0 Å². The first kappa shape index (κ1) is 17.2. The van der Waals surface area contributed by atoms with E-state index in [1.54, 1.807) is 11.6 Å². The van der Waals surface area contributed by atoms with E-state index in [9.17, 15) is 9.90 Å². The summed E-state index contributed by atoms with van der Waals surface area (Å²) in [7, 11) is 1.75. The molecule has 2 aromatic carbocycles. The molecule has 0 spiro atoms. The van der Waals surface area contributed by atoms with Gasteiger partial charge in [-0.3, -0.25) is 4.79 Å². The van der Waals surface area contributed by atoms with Crippen LogP contribution in [0.15, 0.2) is 64.8 Å². The van der Waals surface area contributed by atoms with Crippen molar-refractivity contribution in [2.45, 2.75) is 17.9 Å². The summed E-state index contributed by atoms with van der Waals surface area (Å²) in [5, 5.41) is 18.5. The van der Waals surface area contributed by atoms with Crippen LogP contribution in [0.1, 0.15) is 12.5 Å². The van der Waals surface area contributed by atoms with Crippen LogP contribution in [0.25, 0.3) is 10.9 Å². The standard InChI is InChI=1S/C19H19N3O2S/c1-13(25-12-14-8-4-3-5-9-14)18(23)21-20-17-15-10-6-7-11-16(15)22(2)19(17)24/h3-11,13,24H,12H2,1-2H3/t13-/m0/s1. The quantitative estimate of drug-likeness (QED) is 0.669. The lowest BCUT2D eigenvalue weighted by molar-refractivity contribution is -0.117. The predicted octanol–water partition coefficient (Wildman–Crippen LogP) is 4.82. The zero-order valence-corrected chi connectivity index (χ0v) is 14.9. The zero-order valence-electron chi connectivity index (χ0n) is 14.1. The molecule has 3 rings (SSSR count). The van der Waals surface area contributed by atoms with Gasteiger partial charge in [0, 0.05) is 18.2 Å². The number of rotatable bonds is 5. The van der Waals surface area contributed by atoms with E-state index in [4.69, 9.17) is 0 Å². The highest BCUT2D eigenvalue weighted by Crippen LogP contribution is 2.37. The molecular weight excluding hydrogens is 334 g/mol. The number of fused-ring (bicyclic) bond motifs is 1. The van der Waals surface area contributed by atoms with Gasteiger partial charge >= 0.3 is 0 Å². The van der Waals surface area contributed by atoms with Gasteiger partial charge in [-0.05, 0) is 18.6 Å². The largest absolute Gasteiger partial charge is 0.493 e. The van der Waals surface area contributed by atoms with Crippen molar-refractivity contribution in [3.63, 3.8) is 0 Å². The number of hydrogen-bond donors (Lipinski definition) is 1. The van der Waals surface area contributed by atoms with Crippen LogP contribution >= 0.6 is 11.8 Å². The van der Waals surface area contributed by atoms with Crippen molar-refractivity contribution in [1.82, 2.24) is 4.57 Å². The lowest BCUT2D eigenvalue weighted by atomic mass is 10.2. The van der Waals surface area contributed by atoms with Crippen molar-refractivity contribution >= 4 is 34.3 Å². The molecule has 1 atom stereocenters. The van der Waals surface area contributed by atoms with E-state index in [1.165, 1.54) is 11.8 Å². The van der Waals surface area contributed by atoms with E-state index in [1.807, 2.05) is 61.5 Å². The number of hydrogen-bond acceptors (Lipinski definition) is 4. The van der Waals surface area contributed by atoms with E-state index in [0.29, 0.717) is 5.69 Å². The molecule has 1 heterocycles. The van der Waals surface area contributed by atoms with E-state index in [-0.39, 0.29) is 17.0 Å². The lowest BCUT2D eigenvalue weighted by Gasteiger charge is -2.06. The Kier molecular flexibility index (Phi) is 5.19. The highest BCUT2D eigenvalue weighted by molar-refractivity contribution is 7.99. The van der Waals surface area contributed by atoms with Gasteiger partial charge in [0.05, 0.1) is 10.8 Å². The summed E-state index contributed by atoms with van der Waals surface area (Å²) in [5.74, 6) is 0.429. The van der Waals surface area contributed by atoms with E-state index < -0.39 is 0 Å². The number of thioether (sulfide) groups is 1. The maximum absolute atomic E-state index is 12.2. The van der Waals surface area contributed by atoms with Crippen LogP contribution in [0.3, 0.4) is 0 Å². The maximum Gasteiger partial charge on any atom is 0.277 e. The van der Waals surface area contributed by atoms with Crippen molar-refractivity contribution in [3.05, 3.63) is 60.2 Å². The molecule has 0 bridgehead atoms. The molecule has 0 aliphatic heterocycles. The van der Waals surface area contributed by atoms with Crippen LogP contribution in [-0.4, -0.2) is 20.8 Å². The molecule has 25 heavy (non-hydrogen) atoms. The summed E-state index contributed by atoms with van der Waals surface area (Å²) in [6.45, 7) is 1.82. The molecule has 6 heteroatoms. The average Bonchev–Trinajstić information content (AvgIpc) is 2.89. The van der Waals surface area contributed by atoms with E-state index >= 15 is 0 Å². The van der Waals surface area contributed by atoms with Crippen LogP contribution in [0.2, 0.25) is 0 Å². The number of benzene rings is 2. The van der Waals surface area contributed by atoms with Gasteiger partial charge in [0.2, 0.25) is 5.88 Å². The van der Waals surface area contributed by atoms with Gasteiger partial charge in [-0.15, -0.1) is 22.0 Å². The van der Waals surface area contributed by atoms with Crippen molar-refractivity contribution < 1.29 is 9.90 Å². The minimum atomic E-state index is -0.312. The molecule has 0 fully saturated rings. The Morgan fingerprint density at radius 1 is 1.16 bits per heavy atom. The molecular formula is C19H19N3O2S. The van der Waals surface area contributed by atoms with Crippen molar-refractivity contribution in [2.75, 3.05) is 0 Å². The summed E-state index contributed by atoms with van der Waals surface area (Å²) < 4.78 is 1.63. The first-order chi connectivity index (χ1) is 12.1. The highest BCUT2D eigenvalue weighted by atomic mass is 32.2. The average molecular weight is 353 g/mol. The normalized spacial score (nSPS) is 12.7. The Labute approximate surface area is 150 Å². The smallest absolute Gasteiger partial charge is 0.277 e. The Morgan fingerprint density at radius 2 is 1.84 bits per heavy atom. The number of amides is 1. The van der Waals surface area contributed by atoms with Crippen LogP contribution < -0.4 is 0 Å². The second kappa shape index (κ2) is 7.53. The second-order valence-corrected chi connectivity index (χ2v) is 7.05. The SMILES string of the molecule is C[C@H](SCc1ccccc1)C(=O)N=Nc1c(O)n(C)c2ccccc12. The number of azo groups is 1. The minimum Gasteiger partial charge on any atom is -0.493 e. The molecule has 0 saturated carbocycles. The van der Waals surface area contributed by atoms with Gasteiger partial charge < -0.3 is 9.67 Å². The van der Waals surface area contributed by atoms with Crippen molar-refractivity contribution in [1.29, 1.82) is 0 Å². The molecule has 0 aliphatic carbocycles. The van der Waals surface area contributed by atoms with E-state index in [2.05, 4.69) is 10.2 Å². The number of aromatic nitrogens is 1. The number of carbonyl (C=O) groups is 1. The topological polar surface area (TPSA) is 66.9 Å². The summed E-state index contributed by atoms with van der Waals surface area (Å²) >= 11 is 1.51. The number of aromatic hydroxyl groups is 1. The number of para-hydroxylation sites is 1. The molecule has 1 amide bonds. The van der Waals surface area contributed by atoms with Gasteiger partial charge in [-0.25, -0.2) is 0 Å². The molecule has 1 N–H and O–H groups in total. The third-order valence-corrected chi connectivity index (χ3v) is 5.19. The Balaban J connectivity index is 1.71. The van der Waals surface area contributed by atoms with Gasteiger partial charge in [0.1, 0.15) is 0 Å². The molecule has 5 nitrogen and oxygen atoms in total. The maximum atomic E-state index is 12.2. The fourth-order valence-electron chi connectivity index (χ4n) is 2.51. The first-order valence-corrected chi connectivity index (χ1v) is 9.00. The van der Waals surface area contributed by atoms with Crippen molar-refractivity contribution in [2.24, 2.45) is 17.3 Å². The summed E-state index contributed by atoms with van der Waals surface area (Å²) in [6.07, 6.45) is 0.